The highest BCUT2D eigenvalue weighted by Crippen LogP contribution is 2.57. The van der Waals surface area contributed by atoms with Crippen LogP contribution in [0.1, 0.15) is 43.4 Å². The number of rotatable bonds is 5. The van der Waals surface area contributed by atoms with Crippen LogP contribution in [0.2, 0.25) is 0 Å². The zero-order chi connectivity index (χ0) is 22.6. The Hall–Kier alpha value is -1.88. The van der Waals surface area contributed by atoms with Crippen molar-refractivity contribution in [2.45, 2.75) is 50.0 Å². The van der Waals surface area contributed by atoms with Crippen LogP contribution in [-0.2, 0) is 22.0 Å². The lowest BCUT2D eigenvalue weighted by Crippen LogP contribution is -2.58. The maximum atomic E-state index is 10.1. The normalized spacial score (nSPS) is 36.4. The molecule has 176 valence electrons. The molecular weight excluding hydrogens is 408 g/mol. The van der Waals surface area contributed by atoms with Gasteiger partial charge < -0.3 is 9.84 Å². The van der Waals surface area contributed by atoms with Gasteiger partial charge in [-0.05, 0) is 71.9 Å². The average Bonchev–Trinajstić information content (AvgIpc) is 3.53. The van der Waals surface area contributed by atoms with Gasteiger partial charge in [0.25, 0.3) is 0 Å². The van der Waals surface area contributed by atoms with Gasteiger partial charge in [-0.15, -0.1) is 0 Å². The van der Waals surface area contributed by atoms with Gasteiger partial charge in [0, 0.05) is 37.6 Å². The van der Waals surface area contributed by atoms with Crippen LogP contribution in [0, 0.1) is 11.8 Å². The maximum absolute atomic E-state index is 10.1. The number of aromatic hydroxyl groups is 1. The monoisotopic (exact) mass is 446 g/mol. The van der Waals surface area contributed by atoms with E-state index in [0.29, 0.717) is 23.1 Å². The summed E-state index contributed by atoms with van der Waals surface area (Å²) in [5, 5.41) is 10.1. The summed E-state index contributed by atoms with van der Waals surface area (Å²) in [5.74, 6) is 1.74. The van der Waals surface area contributed by atoms with Crippen molar-refractivity contribution in [3.63, 3.8) is 0 Å². The maximum Gasteiger partial charge on any atom is 0.115 e. The molecule has 0 radical (unpaired) electrons. The van der Waals surface area contributed by atoms with Crippen LogP contribution in [0.25, 0.3) is 0 Å². The first-order valence-electron chi connectivity index (χ1n) is 12.9. The van der Waals surface area contributed by atoms with Crippen LogP contribution < -0.4 is 0 Å². The first-order chi connectivity index (χ1) is 16.0. The fourth-order valence-electron chi connectivity index (χ4n) is 7.39. The predicted molar refractivity (Wildman–Crippen MR) is 132 cm³/mol. The van der Waals surface area contributed by atoms with Gasteiger partial charge in [0.2, 0.25) is 0 Å². The summed E-state index contributed by atoms with van der Waals surface area (Å²) in [6.07, 6.45) is 3.59. The molecule has 4 aliphatic rings. The zero-order valence-corrected chi connectivity index (χ0v) is 20.2. The van der Waals surface area contributed by atoms with Crippen LogP contribution in [0.5, 0.6) is 5.75 Å². The first-order valence-corrected chi connectivity index (χ1v) is 12.9. The van der Waals surface area contributed by atoms with E-state index >= 15 is 0 Å². The van der Waals surface area contributed by atoms with Gasteiger partial charge in [0.1, 0.15) is 5.75 Å². The third kappa shape index (κ3) is 3.62. The van der Waals surface area contributed by atoms with Crippen LogP contribution in [0.15, 0.2) is 48.5 Å². The number of ether oxygens (including phenoxy) is 1. The van der Waals surface area contributed by atoms with E-state index in [9.17, 15) is 5.11 Å². The van der Waals surface area contributed by atoms with E-state index in [1.165, 1.54) is 49.2 Å². The molecule has 2 saturated heterocycles. The predicted octanol–water partition coefficient (Wildman–Crippen LogP) is 4.21. The summed E-state index contributed by atoms with van der Waals surface area (Å²) in [6.45, 7) is 12.3. The molecule has 2 aliphatic carbocycles. The SMILES string of the molecule is C[C@H]1[C@H]2Cc3ccc(O)cc3[C@]1(C)CCN2C[C@@H]1C[C@@]1(CN1CCOCC1)c1ccccc1. The molecule has 1 N–H and O–H groups in total. The summed E-state index contributed by atoms with van der Waals surface area (Å²) in [7, 11) is 0. The lowest BCUT2D eigenvalue weighted by Gasteiger charge is -2.55. The molecule has 2 aliphatic heterocycles. The van der Waals surface area contributed by atoms with Crippen molar-refractivity contribution in [2.24, 2.45) is 11.8 Å². The van der Waals surface area contributed by atoms with Crippen LogP contribution in [0.4, 0.5) is 0 Å². The van der Waals surface area contributed by atoms with E-state index in [1.807, 2.05) is 12.1 Å². The summed E-state index contributed by atoms with van der Waals surface area (Å²) in [6, 6.07) is 18.0. The van der Waals surface area contributed by atoms with Crippen molar-refractivity contribution in [1.29, 1.82) is 0 Å². The second kappa shape index (κ2) is 8.11. The number of hydrogen-bond donors (Lipinski definition) is 1. The number of likely N-dealkylation sites (tertiary alicyclic amines) is 1. The summed E-state index contributed by atoms with van der Waals surface area (Å²) < 4.78 is 5.63. The molecule has 0 aromatic heterocycles. The number of benzene rings is 2. The first kappa shape index (κ1) is 21.6. The van der Waals surface area contributed by atoms with E-state index in [0.717, 1.165) is 38.6 Å². The minimum absolute atomic E-state index is 0.168. The Kier molecular flexibility index (Phi) is 5.32. The Bertz CT molecular complexity index is 1000. The number of phenolic OH excluding ortho intramolecular Hbond substituents is 1. The van der Waals surface area contributed by atoms with Gasteiger partial charge >= 0.3 is 0 Å². The minimum atomic E-state index is 0.168. The lowest BCUT2D eigenvalue weighted by atomic mass is 9.59. The standard InChI is InChI=1S/C29H38N2O2/c1-21-27-16-22-8-9-25(32)17-26(22)28(21,2)10-11-31(27)19-24-18-29(24,23-6-4-3-5-7-23)20-30-12-14-33-15-13-30/h3-9,17,21,24,27,32H,10-16,18-20H2,1-2H3/t21-,24-,27+,28+,29+/m0/s1. The zero-order valence-electron chi connectivity index (χ0n) is 20.2. The molecule has 4 heteroatoms. The van der Waals surface area contributed by atoms with Gasteiger partial charge in [-0.25, -0.2) is 0 Å². The Balaban J connectivity index is 1.24. The molecular formula is C29H38N2O2. The molecule has 3 fully saturated rings. The Morgan fingerprint density at radius 2 is 1.85 bits per heavy atom. The molecule has 2 aromatic carbocycles. The van der Waals surface area contributed by atoms with Gasteiger partial charge in [-0.2, -0.15) is 0 Å². The third-order valence-corrected chi connectivity index (χ3v) is 9.75. The Morgan fingerprint density at radius 3 is 2.64 bits per heavy atom. The highest BCUT2D eigenvalue weighted by molar-refractivity contribution is 5.44. The number of morpholine rings is 1. The minimum Gasteiger partial charge on any atom is -0.508 e. The quantitative estimate of drug-likeness (QED) is 0.747. The third-order valence-electron chi connectivity index (χ3n) is 9.75. The van der Waals surface area contributed by atoms with Gasteiger partial charge in [-0.3, -0.25) is 9.80 Å². The molecule has 2 bridgehead atoms. The number of phenols is 1. The van der Waals surface area contributed by atoms with E-state index in [1.54, 1.807) is 0 Å². The van der Waals surface area contributed by atoms with Crippen molar-refractivity contribution in [2.75, 3.05) is 45.9 Å². The Labute approximate surface area is 198 Å². The highest BCUT2D eigenvalue weighted by atomic mass is 16.5. The molecule has 0 unspecified atom stereocenters. The molecule has 4 nitrogen and oxygen atoms in total. The number of piperidine rings is 1. The van der Waals surface area contributed by atoms with Crippen molar-refractivity contribution in [1.82, 2.24) is 9.80 Å². The van der Waals surface area contributed by atoms with Gasteiger partial charge in [0.05, 0.1) is 13.2 Å². The molecule has 0 spiro atoms. The summed E-state index contributed by atoms with van der Waals surface area (Å²) >= 11 is 0. The van der Waals surface area contributed by atoms with Crippen molar-refractivity contribution < 1.29 is 9.84 Å². The van der Waals surface area contributed by atoms with Crippen LogP contribution in [-0.4, -0.2) is 66.9 Å². The molecule has 5 atom stereocenters. The fourth-order valence-corrected chi connectivity index (χ4v) is 7.39. The van der Waals surface area contributed by atoms with Crippen molar-refractivity contribution in [3.8, 4) is 5.75 Å². The smallest absolute Gasteiger partial charge is 0.115 e. The van der Waals surface area contributed by atoms with Crippen molar-refractivity contribution in [3.05, 3.63) is 65.2 Å². The van der Waals surface area contributed by atoms with Crippen LogP contribution >= 0.6 is 0 Å². The molecule has 0 amide bonds. The van der Waals surface area contributed by atoms with Crippen LogP contribution in [0.3, 0.4) is 0 Å². The summed E-state index contributed by atoms with van der Waals surface area (Å²) in [4.78, 5) is 5.46. The molecule has 33 heavy (non-hydrogen) atoms. The molecule has 1 saturated carbocycles. The van der Waals surface area contributed by atoms with Crippen molar-refractivity contribution >= 4 is 0 Å². The van der Waals surface area contributed by atoms with E-state index in [4.69, 9.17) is 4.74 Å². The Morgan fingerprint density at radius 1 is 1.06 bits per heavy atom. The topological polar surface area (TPSA) is 35.9 Å². The average molecular weight is 447 g/mol. The number of hydrogen-bond acceptors (Lipinski definition) is 4. The second-order valence-corrected chi connectivity index (χ2v) is 11.4. The van der Waals surface area contributed by atoms with E-state index < -0.39 is 0 Å². The molecule has 2 heterocycles. The number of fused-ring (bicyclic) bond motifs is 4. The fraction of sp³-hybridized carbons (Fsp3) is 0.586. The number of nitrogens with zero attached hydrogens (tertiary/aromatic N) is 2. The van der Waals surface area contributed by atoms with E-state index in [2.05, 4.69) is 60.0 Å². The van der Waals surface area contributed by atoms with Gasteiger partial charge in [0.15, 0.2) is 0 Å². The molecule has 6 rings (SSSR count). The molecule has 2 aromatic rings. The second-order valence-electron chi connectivity index (χ2n) is 11.4. The summed E-state index contributed by atoms with van der Waals surface area (Å²) in [5.41, 5.74) is 4.83. The highest BCUT2D eigenvalue weighted by Gasteiger charge is 2.57. The lowest BCUT2D eigenvalue weighted by molar-refractivity contribution is 0.0212. The largest absolute Gasteiger partial charge is 0.508 e. The van der Waals surface area contributed by atoms with Gasteiger partial charge in [-0.1, -0.05) is 50.2 Å². The van der Waals surface area contributed by atoms with E-state index in [-0.39, 0.29) is 5.41 Å².